The molecule has 0 saturated heterocycles. The molecule has 1 N–H and O–H groups in total. The van der Waals surface area contributed by atoms with Gasteiger partial charge in [0.1, 0.15) is 11.6 Å². The van der Waals surface area contributed by atoms with Crippen molar-refractivity contribution < 1.29 is 23.0 Å². The molecule has 0 aromatic heterocycles. The highest BCUT2D eigenvalue weighted by atomic mass is 32.2. The summed E-state index contributed by atoms with van der Waals surface area (Å²) in [5, 5.41) is 1.91. The number of carbonyl (C=O) groups excluding carboxylic acids is 1. The fourth-order valence-corrected chi connectivity index (χ4v) is 3.20. The number of anilines is 1. The lowest BCUT2D eigenvalue weighted by Crippen LogP contribution is -2.23. The van der Waals surface area contributed by atoms with Gasteiger partial charge in [0.15, 0.2) is 11.5 Å². The van der Waals surface area contributed by atoms with Crippen molar-refractivity contribution >= 4 is 23.4 Å². The fourth-order valence-electron chi connectivity index (χ4n) is 2.30. The molecule has 0 spiro atoms. The summed E-state index contributed by atoms with van der Waals surface area (Å²) in [6, 6.07) is 8.40. The zero-order valence-electron chi connectivity index (χ0n) is 13.6. The highest BCUT2D eigenvalue weighted by molar-refractivity contribution is 8.00. The van der Waals surface area contributed by atoms with Crippen LogP contribution in [0.3, 0.4) is 0 Å². The summed E-state index contributed by atoms with van der Waals surface area (Å²) < 4.78 is 38.0. The van der Waals surface area contributed by atoms with Crippen LogP contribution in [0.4, 0.5) is 14.5 Å². The van der Waals surface area contributed by atoms with Crippen molar-refractivity contribution in [2.45, 2.75) is 23.5 Å². The Bertz CT molecular complexity index is 785. The Morgan fingerprint density at radius 3 is 2.68 bits per heavy atom. The molecule has 4 nitrogen and oxygen atoms in total. The largest absolute Gasteiger partial charge is 0.490 e. The second-order valence-electron chi connectivity index (χ2n) is 5.53. The van der Waals surface area contributed by atoms with Gasteiger partial charge < -0.3 is 14.8 Å². The van der Waals surface area contributed by atoms with Crippen molar-refractivity contribution in [2.24, 2.45) is 0 Å². The quantitative estimate of drug-likeness (QED) is 0.823. The van der Waals surface area contributed by atoms with Crippen LogP contribution < -0.4 is 14.8 Å². The number of rotatable bonds is 4. The summed E-state index contributed by atoms with van der Waals surface area (Å²) in [6.07, 6.45) is 0.815. The first-order chi connectivity index (χ1) is 12.0. The van der Waals surface area contributed by atoms with Gasteiger partial charge in [0.25, 0.3) is 0 Å². The molecular formula is C18H17F2NO3S. The van der Waals surface area contributed by atoms with E-state index in [9.17, 15) is 13.6 Å². The Kier molecular flexibility index (Phi) is 5.43. The maximum absolute atomic E-state index is 13.6. The minimum Gasteiger partial charge on any atom is -0.490 e. The first-order valence-electron chi connectivity index (χ1n) is 7.85. The molecule has 25 heavy (non-hydrogen) atoms. The molecule has 0 bridgehead atoms. The van der Waals surface area contributed by atoms with E-state index in [0.29, 0.717) is 24.7 Å². The molecule has 1 heterocycles. The molecule has 0 aliphatic carbocycles. The van der Waals surface area contributed by atoms with Crippen LogP contribution in [-0.2, 0) is 4.79 Å². The molecule has 1 aliphatic rings. The SMILES string of the molecule is C[C@@H](Sc1ccc2c(c1)OCCCO2)C(=O)Nc1cc(F)ccc1F. The van der Waals surface area contributed by atoms with E-state index in [2.05, 4.69) is 5.32 Å². The van der Waals surface area contributed by atoms with Crippen LogP contribution in [0.2, 0.25) is 0 Å². The molecule has 1 atom stereocenters. The number of amides is 1. The number of fused-ring (bicyclic) bond motifs is 1. The van der Waals surface area contributed by atoms with Crippen LogP contribution in [0.5, 0.6) is 11.5 Å². The lowest BCUT2D eigenvalue weighted by molar-refractivity contribution is -0.115. The van der Waals surface area contributed by atoms with E-state index in [1.165, 1.54) is 11.8 Å². The number of benzene rings is 2. The maximum atomic E-state index is 13.6. The van der Waals surface area contributed by atoms with Gasteiger partial charge >= 0.3 is 0 Å². The Morgan fingerprint density at radius 1 is 1.12 bits per heavy atom. The van der Waals surface area contributed by atoms with Crippen LogP contribution in [0, 0.1) is 11.6 Å². The molecule has 0 unspecified atom stereocenters. The Labute approximate surface area is 148 Å². The van der Waals surface area contributed by atoms with Crippen molar-refractivity contribution in [3.8, 4) is 11.5 Å². The van der Waals surface area contributed by atoms with Crippen LogP contribution in [0.25, 0.3) is 0 Å². The minimum absolute atomic E-state index is 0.170. The molecule has 7 heteroatoms. The van der Waals surface area contributed by atoms with Crippen molar-refractivity contribution in [1.29, 1.82) is 0 Å². The van der Waals surface area contributed by atoms with E-state index in [1.807, 2.05) is 12.1 Å². The Balaban J connectivity index is 1.67. The van der Waals surface area contributed by atoms with E-state index in [4.69, 9.17) is 9.47 Å². The zero-order chi connectivity index (χ0) is 17.8. The molecule has 0 saturated carbocycles. The summed E-state index contributed by atoms with van der Waals surface area (Å²) in [4.78, 5) is 13.1. The van der Waals surface area contributed by atoms with Crippen LogP contribution >= 0.6 is 11.8 Å². The highest BCUT2D eigenvalue weighted by Gasteiger charge is 2.18. The lowest BCUT2D eigenvalue weighted by atomic mass is 10.3. The minimum atomic E-state index is -0.678. The summed E-state index contributed by atoms with van der Waals surface area (Å²) in [6.45, 7) is 2.88. The van der Waals surface area contributed by atoms with Crippen LogP contribution in [0.15, 0.2) is 41.3 Å². The van der Waals surface area contributed by atoms with E-state index in [1.54, 1.807) is 13.0 Å². The third-order valence-electron chi connectivity index (χ3n) is 3.59. The van der Waals surface area contributed by atoms with Crippen molar-refractivity contribution in [3.63, 3.8) is 0 Å². The van der Waals surface area contributed by atoms with E-state index in [-0.39, 0.29) is 5.69 Å². The molecule has 132 valence electrons. The number of carbonyl (C=O) groups is 1. The van der Waals surface area contributed by atoms with Crippen molar-refractivity contribution in [2.75, 3.05) is 18.5 Å². The smallest absolute Gasteiger partial charge is 0.237 e. The Hall–Kier alpha value is -2.28. The number of halogens is 2. The number of nitrogens with one attached hydrogen (secondary N) is 1. The summed E-state index contributed by atoms with van der Waals surface area (Å²) in [5.74, 6) is -0.379. The predicted molar refractivity (Wildman–Crippen MR) is 92.4 cm³/mol. The van der Waals surface area contributed by atoms with Gasteiger partial charge in [-0.25, -0.2) is 8.78 Å². The molecule has 1 aliphatic heterocycles. The second kappa shape index (κ2) is 7.74. The average Bonchev–Trinajstić information content (AvgIpc) is 2.83. The molecule has 0 radical (unpaired) electrons. The lowest BCUT2D eigenvalue weighted by Gasteiger charge is -2.14. The molecule has 0 fully saturated rings. The number of ether oxygens (including phenoxy) is 2. The molecular weight excluding hydrogens is 348 g/mol. The van der Waals surface area contributed by atoms with Gasteiger partial charge in [0.2, 0.25) is 5.91 Å². The zero-order valence-corrected chi connectivity index (χ0v) is 14.4. The molecule has 3 rings (SSSR count). The molecule has 2 aromatic rings. The third kappa shape index (κ3) is 4.42. The molecule has 1 amide bonds. The number of hydrogen-bond acceptors (Lipinski definition) is 4. The van der Waals surface area contributed by atoms with Gasteiger partial charge in [0.05, 0.1) is 24.2 Å². The van der Waals surface area contributed by atoms with Crippen LogP contribution in [-0.4, -0.2) is 24.4 Å². The van der Waals surface area contributed by atoms with Gasteiger partial charge in [-0.3, -0.25) is 4.79 Å². The monoisotopic (exact) mass is 365 g/mol. The van der Waals surface area contributed by atoms with E-state index in [0.717, 1.165) is 29.5 Å². The molecule has 2 aromatic carbocycles. The van der Waals surface area contributed by atoms with Gasteiger partial charge in [0, 0.05) is 17.4 Å². The highest BCUT2D eigenvalue weighted by Crippen LogP contribution is 2.35. The average molecular weight is 365 g/mol. The second-order valence-corrected chi connectivity index (χ2v) is 6.95. The van der Waals surface area contributed by atoms with E-state index < -0.39 is 22.8 Å². The topological polar surface area (TPSA) is 47.6 Å². The van der Waals surface area contributed by atoms with Gasteiger partial charge in [-0.15, -0.1) is 11.8 Å². The fraction of sp³-hybridized carbons (Fsp3) is 0.278. The van der Waals surface area contributed by atoms with Crippen LogP contribution in [0.1, 0.15) is 13.3 Å². The normalized spacial score (nSPS) is 14.5. The number of thioether (sulfide) groups is 1. The standard InChI is InChI=1S/C18H17F2NO3S/c1-11(18(22)21-15-9-12(19)3-5-14(15)20)25-13-4-6-16-17(10-13)24-8-2-7-23-16/h3-6,9-11H,2,7-8H2,1H3,(H,21,22)/t11-/m1/s1. The van der Waals surface area contributed by atoms with Gasteiger partial charge in [-0.1, -0.05) is 0 Å². The van der Waals surface area contributed by atoms with Gasteiger partial charge in [-0.2, -0.15) is 0 Å². The van der Waals surface area contributed by atoms with Crippen molar-refractivity contribution in [3.05, 3.63) is 48.0 Å². The van der Waals surface area contributed by atoms with E-state index >= 15 is 0 Å². The van der Waals surface area contributed by atoms with Crippen molar-refractivity contribution in [1.82, 2.24) is 0 Å². The first kappa shape index (κ1) is 17.5. The maximum Gasteiger partial charge on any atom is 0.237 e. The summed E-state index contributed by atoms with van der Waals surface area (Å²) in [7, 11) is 0. The number of hydrogen-bond donors (Lipinski definition) is 1. The summed E-state index contributed by atoms with van der Waals surface area (Å²) >= 11 is 1.30. The summed E-state index contributed by atoms with van der Waals surface area (Å²) in [5.41, 5.74) is -0.170. The first-order valence-corrected chi connectivity index (χ1v) is 8.73. The van der Waals surface area contributed by atoms with Gasteiger partial charge in [-0.05, 0) is 37.3 Å². The Morgan fingerprint density at radius 2 is 1.88 bits per heavy atom. The predicted octanol–water partition coefficient (Wildman–Crippen LogP) is 4.25. The third-order valence-corrected chi connectivity index (χ3v) is 4.68.